The molecular weight excluding hydrogens is 384 g/mol. The van der Waals surface area contributed by atoms with Crippen molar-refractivity contribution in [3.63, 3.8) is 0 Å². The van der Waals surface area contributed by atoms with Gasteiger partial charge in [-0.25, -0.2) is 9.97 Å². The minimum absolute atomic E-state index is 0.423. The molecule has 4 N–H and O–H groups in total. The number of fused-ring (bicyclic) bond motifs is 1. The summed E-state index contributed by atoms with van der Waals surface area (Å²) in [7, 11) is 1.75. The Morgan fingerprint density at radius 2 is 2.38 bits per heavy atom. The Kier molecular flexibility index (Phi) is 5.79. The van der Waals surface area contributed by atoms with Gasteiger partial charge in [0.15, 0.2) is 11.5 Å². The number of imidazole rings is 1. The molecular formula is C20H24N8S. The lowest BCUT2D eigenvalue weighted by Gasteiger charge is -2.16. The molecule has 150 valence electrons. The average Bonchev–Trinajstić information content (AvgIpc) is 3.34. The zero-order chi connectivity index (χ0) is 20.2. The van der Waals surface area contributed by atoms with Crippen LogP contribution in [0.1, 0.15) is 23.5 Å². The van der Waals surface area contributed by atoms with Crippen molar-refractivity contribution in [2.24, 2.45) is 10.7 Å². The molecule has 0 atom stereocenters. The summed E-state index contributed by atoms with van der Waals surface area (Å²) in [5, 5.41) is 7.75. The van der Waals surface area contributed by atoms with Crippen LogP contribution in [0.15, 0.2) is 35.6 Å². The van der Waals surface area contributed by atoms with Gasteiger partial charge in [0.25, 0.3) is 0 Å². The standard InChI is InChI=1S/C20H24N8S/c1-13-8-18(29-27-13)26-19-20-24-11-17(15(5-6-21)9-22-2)28(20)12-16(25-19)14-4-3-7-23-10-14/h4-5,8-9,11-12,23H,3,6-7,10,21H2,1-2H3,(H,25,26)/b15-5+,22-9?. The molecule has 0 saturated carbocycles. The van der Waals surface area contributed by atoms with Crippen molar-refractivity contribution in [1.29, 1.82) is 0 Å². The third-order valence-electron chi connectivity index (χ3n) is 4.62. The number of nitrogens with zero attached hydrogens (tertiary/aromatic N) is 5. The fraction of sp³-hybridized carbons (Fsp3) is 0.300. The number of hydrogen-bond acceptors (Lipinski definition) is 8. The first-order chi connectivity index (χ1) is 14.2. The largest absolute Gasteiger partial charge is 0.328 e. The van der Waals surface area contributed by atoms with Gasteiger partial charge in [-0.3, -0.25) is 9.39 Å². The second-order valence-corrected chi connectivity index (χ2v) is 7.55. The van der Waals surface area contributed by atoms with Gasteiger partial charge in [-0.2, -0.15) is 4.37 Å². The van der Waals surface area contributed by atoms with Crippen LogP contribution in [0.25, 0.3) is 16.8 Å². The second-order valence-electron chi connectivity index (χ2n) is 6.75. The van der Waals surface area contributed by atoms with E-state index in [0.717, 1.165) is 52.8 Å². The van der Waals surface area contributed by atoms with E-state index in [4.69, 9.17) is 10.7 Å². The van der Waals surface area contributed by atoms with Crippen LogP contribution in [0.3, 0.4) is 0 Å². The van der Waals surface area contributed by atoms with Crippen LogP contribution in [0.4, 0.5) is 10.8 Å². The number of rotatable bonds is 6. The van der Waals surface area contributed by atoms with Gasteiger partial charge in [0.1, 0.15) is 5.00 Å². The Balaban J connectivity index is 1.88. The van der Waals surface area contributed by atoms with Gasteiger partial charge in [-0.15, -0.1) is 0 Å². The molecule has 0 spiro atoms. The molecule has 4 heterocycles. The molecule has 1 aliphatic rings. The predicted molar refractivity (Wildman–Crippen MR) is 120 cm³/mol. The third-order valence-corrected chi connectivity index (χ3v) is 5.42. The molecule has 3 aromatic rings. The number of aryl methyl sites for hydroxylation is 1. The molecule has 3 aromatic heterocycles. The van der Waals surface area contributed by atoms with Crippen LogP contribution in [-0.4, -0.2) is 51.6 Å². The molecule has 0 fully saturated rings. The monoisotopic (exact) mass is 408 g/mol. The summed E-state index contributed by atoms with van der Waals surface area (Å²) in [6, 6.07) is 2.00. The van der Waals surface area contributed by atoms with Crippen molar-refractivity contribution in [1.82, 2.24) is 24.1 Å². The molecule has 29 heavy (non-hydrogen) atoms. The highest BCUT2D eigenvalue weighted by molar-refractivity contribution is 7.10. The van der Waals surface area contributed by atoms with Gasteiger partial charge in [0.2, 0.25) is 0 Å². The highest BCUT2D eigenvalue weighted by atomic mass is 32.1. The van der Waals surface area contributed by atoms with Crippen molar-refractivity contribution < 1.29 is 0 Å². The van der Waals surface area contributed by atoms with Crippen LogP contribution in [-0.2, 0) is 0 Å². The highest BCUT2D eigenvalue weighted by Crippen LogP contribution is 2.28. The van der Waals surface area contributed by atoms with Crippen molar-refractivity contribution in [2.75, 3.05) is 32.0 Å². The first-order valence-corrected chi connectivity index (χ1v) is 10.3. The maximum absolute atomic E-state index is 5.78. The van der Waals surface area contributed by atoms with E-state index in [-0.39, 0.29) is 0 Å². The molecule has 0 radical (unpaired) electrons. The summed E-state index contributed by atoms with van der Waals surface area (Å²) in [4.78, 5) is 13.7. The minimum atomic E-state index is 0.423. The number of aromatic nitrogens is 4. The van der Waals surface area contributed by atoms with E-state index in [2.05, 4.69) is 35.5 Å². The normalized spacial score (nSPS) is 15.3. The molecule has 0 saturated heterocycles. The lowest BCUT2D eigenvalue weighted by Crippen LogP contribution is -2.22. The van der Waals surface area contributed by atoms with Crippen molar-refractivity contribution in [3.05, 3.63) is 47.7 Å². The molecule has 1 aliphatic heterocycles. The summed E-state index contributed by atoms with van der Waals surface area (Å²) >= 11 is 1.41. The van der Waals surface area contributed by atoms with Gasteiger partial charge in [-0.1, -0.05) is 12.2 Å². The van der Waals surface area contributed by atoms with Crippen LogP contribution in [0, 0.1) is 6.92 Å². The number of aliphatic imine (C=N–C) groups is 1. The Hall–Kier alpha value is -2.88. The van der Waals surface area contributed by atoms with E-state index in [1.807, 2.05) is 31.5 Å². The Morgan fingerprint density at radius 3 is 3.07 bits per heavy atom. The topological polar surface area (TPSA) is 106 Å². The summed E-state index contributed by atoms with van der Waals surface area (Å²) in [6.45, 7) is 4.18. The van der Waals surface area contributed by atoms with Crippen molar-refractivity contribution in [2.45, 2.75) is 13.3 Å². The van der Waals surface area contributed by atoms with E-state index < -0.39 is 0 Å². The van der Waals surface area contributed by atoms with Crippen LogP contribution >= 0.6 is 11.5 Å². The van der Waals surface area contributed by atoms with Crippen LogP contribution < -0.4 is 16.4 Å². The molecule has 0 aromatic carbocycles. The van der Waals surface area contributed by atoms with E-state index in [1.54, 1.807) is 13.3 Å². The molecule has 0 unspecified atom stereocenters. The number of hydrogen-bond donors (Lipinski definition) is 3. The van der Waals surface area contributed by atoms with Crippen LogP contribution in [0.2, 0.25) is 0 Å². The summed E-state index contributed by atoms with van der Waals surface area (Å²) in [5.41, 5.74) is 11.4. The number of nitrogens with two attached hydrogens (primary N) is 1. The smallest absolute Gasteiger partial charge is 0.181 e. The molecule has 9 heteroatoms. The lowest BCUT2D eigenvalue weighted by molar-refractivity contribution is 0.736. The fourth-order valence-electron chi connectivity index (χ4n) is 3.31. The van der Waals surface area contributed by atoms with Crippen molar-refractivity contribution in [3.8, 4) is 0 Å². The summed E-state index contributed by atoms with van der Waals surface area (Å²) in [6.07, 6.45) is 10.8. The molecule has 0 bridgehead atoms. The molecule has 8 nitrogen and oxygen atoms in total. The first-order valence-electron chi connectivity index (χ1n) is 9.51. The van der Waals surface area contributed by atoms with Gasteiger partial charge in [0, 0.05) is 38.1 Å². The number of anilines is 2. The molecule has 0 amide bonds. The van der Waals surface area contributed by atoms with Crippen LogP contribution in [0.5, 0.6) is 0 Å². The maximum atomic E-state index is 5.78. The third kappa shape index (κ3) is 4.12. The SMILES string of the molecule is CN=C/C(=C\CN)c1cnc2c(Nc3cc(C)ns3)nc(C3=CCCNC3)cn12. The van der Waals surface area contributed by atoms with Gasteiger partial charge in [-0.05, 0) is 43.1 Å². The van der Waals surface area contributed by atoms with E-state index in [9.17, 15) is 0 Å². The van der Waals surface area contributed by atoms with Crippen molar-refractivity contribution >= 4 is 45.4 Å². The predicted octanol–water partition coefficient (Wildman–Crippen LogP) is 2.66. The zero-order valence-corrected chi connectivity index (χ0v) is 17.3. The van der Waals surface area contributed by atoms with E-state index in [0.29, 0.717) is 12.4 Å². The van der Waals surface area contributed by atoms with E-state index >= 15 is 0 Å². The fourth-order valence-corrected chi connectivity index (χ4v) is 3.97. The Morgan fingerprint density at radius 1 is 1.48 bits per heavy atom. The minimum Gasteiger partial charge on any atom is -0.328 e. The maximum Gasteiger partial charge on any atom is 0.181 e. The Labute approximate surface area is 173 Å². The lowest BCUT2D eigenvalue weighted by atomic mass is 10.1. The van der Waals surface area contributed by atoms with E-state index in [1.165, 1.54) is 17.1 Å². The zero-order valence-electron chi connectivity index (χ0n) is 16.5. The summed E-state index contributed by atoms with van der Waals surface area (Å²) in [5.74, 6) is 0.699. The van der Waals surface area contributed by atoms with Gasteiger partial charge < -0.3 is 16.4 Å². The quantitative estimate of drug-likeness (QED) is 0.542. The second kappa shape index (κ2) is 8.64. The Bertz CT molecular complexity index is 1110. The first kappa shape index (κ1) is 19.4. The van der Waals surface area contributed by atoms with Gasteiger partial charge in [0.05, 0.1) is 23.3 Å². The molecule has 4 rings (SSSR count). The van der Waals surface area contributed by atoms with Gasteiger partial charge >= 0.3 is 0 Å². The number of nitrogens with one attached hydrogen (secondary N) is 2. The summed E-state index contributed by atoms with van der Waals surface area (Å²) < 4.78 is 6.40. The highest BCUT2D eigenvalue weighted by Gasteiger charge is 2.17. The molecule has 0 aliphatic carbocycles. The number of allylic oxidation sites excluding steroid dienone is 1. The average molecular weight is 409 g/mol.